The molecule has 0 heterocycles. The van der Waals surface area contributed by atoms with E-state index < -0.39 is 0 Å². The van der Waals surface area contributed by atoms with Gasteiger partial charge >= 0.3 is 0 Å². The highest BCUT2D eigenvalue weighted by Gasteiger charge is 2.08. The Morgan fingerprint density at radius 1 is 1.70 bits per heavy atom. The molecule has 0 fully saturated rings. The van der Waals surface area contributed by atoms with E-state index in [0.717, 1.165) is 12.2 Å². The molecule has 10 heavy (non-hydrogen) atoms. The molecule has 0 aromatic carbocycles. The maximum absolute atomic E-state index is 10.9. The van der Waals surface area contributed by atoms with Crippen LogP contribution in [0.3, 0.4) is 0 Å². The van der Waals surface area contributed by atoms with Crippen LogP contribution in [0.4, 0.5) is 0 Å². The van der Waals surface area contributed by atoms with Crippen molar-refractivity contribution in [2.24, 2.45) is 5.92 Å². The Hall–Kier alpha value is -0.180. The van der Waals surface area contributed by atoms with Crippen molar-refractivity contribution in [3.05, 3.63) is 0 Å². The first-order valence-corrected chi connectivity index (χ1v) is 4.82. The van der Waals surface area contributed by atoms with E-state index in [1.165, 1.54) is 0 Å². The van der Waals surface area contributed by atoms with Gasteiger partial charge < -0.3 is 5.32 Å². The number of hydrogen-bond acceptors (Lipinski definition) is 2. The average Bonchev–Trinajstić information content (AvgIpc) is 1.98. The van der Waals surface area contributed by atoms with Gasteiger partial charge in [-0.15, -0.1) is 0 Å². The van der Waals surface area contributed by atoms with Gasteiger partial charge in [0, 0.05) is 13.0 Å². The number of thioether (sulfide) groups is 1. The van der Waals surface area contributed by atoms with E-state index in [-0.39, 0.29) is 11.8 Å². The molecule has 0 saturated carbocycles. The molecule has 1 unspecified atom stereocenters. The third kappa shape index (κ3) is 3.77. The molecule has 0 aliphatic rings. The summed E-state index contributed by atoms with van der Waals surface area (Å²) >= 11 is 1.78. The van der Waals surface area contributed by atoms with E-state index in [0.29, 0.717) is 0 Å². The van der Waals surface area contributed by atoms with Crippen molar-refractivity contribution >= 4 is 17.7 Å². The summed E-state index contributed by atoms with van der Waals surface area (Å²) < 4.78 is 0. The van der Waals surface area contributed by atoms with Crippen molar-refractivity contribution in [2.75, 3.05) is 19.1 Å². The Balaban J connectivity index is 3.41. The van der Waals surface area contributed by atoms with E-state index in [1.807, 2.05) is 6.92 Å². The summed E-state index contributed by atoms with van der Waals surface area (Å²) in [5.74, 6) is 1.38. The van der Waals surface area contributed by atoms with Crippen LogP contribution in [-0.4, -0.2) is 25.0 Å². The minimum Gasteiger partial charge on any atom is -0.359 e. The van der Waals surface area contributed by atoms with E-state index in [1.54, 1.807) is 18.8 Å². The second-order valence-electron chi connectivity index (χ2n) is 2.30. The van der Waals surface area contributed by atoms with Gasteiger partial charge in [0.2, 0.25) is 5.91 Å². The molecule has 0 aromatic heterocycles. The molecule has 0 aliphatic carbocycles. The number of nitrogens with one attached hydrogen (secondary N) is 1. The Morgan fingerprint density at radius 2 is 2.30 bits per heavy atom. The van der Waals surface area contributed by atoms with Crippen molar-refractivity contribution in [3.63, 3.8) is 0 Å². The zero-order valence-electron chi connectivity index (χ0n) is 6.81. The largest absolute Gasteiger partial charge is 0.359 e. The Labute approximate surface area is 66.8 Å². The lowest BCUT2D eigenvalue weighted by molar-refractivity contribution is -0.124. The molecule has 0 aliphatic heterocycles. The number of carbonyl (C=O) groups excluding carboxylic acids is 1. The van der Waals surface area contributed by atoms with Crippen molar-refractivity contribution in [3.8, 4) is 0 Å². The molecule has 0 radical (unpaired) electrons. The number of carbonyl (C=O) groups is 1. The highest BCUT2D eigenvalue weighted by molar-refractivity contribution is 7.98. The minimum absolute atomic E-state index is 0.147. The lowest BCUT2D eigenvalue weighted by Gasteiger charge is -2.07. The lowest BCUT2D eigenvalue weighted by Crippen LogP contribution is -2.25. The zero-order valence-corrected chi connectivity index (χ0v) is 7.62. The predicted octanol–water partition coefficient (Wildman–Crippen LogP) is 1.12. The first kappa shape index (κ1) is 9.82. The fourth-order valence-electron chi connectivity index (χ4n) is 0.672. The van der Waals surface area contributed by atoms with E-state index in [2.05, 4.69) is 11.6 Å². The van der Waals surface area contributed by atoms with Crippen LogP contribution in [-0.2, 0) is 4.79 Å². The summed E-state index contributed by atoms with van der Waals surface area (Å²) in [6, 6.07) is 0. The Kier molecular flexibility index (Phi) is 5.49. The highest BCUT2D eigenvalue weighted by Crippen LogP contribution is 2.05. The van der Waals surface area contributed by atoms with E-state index in [4.69, 9.17) is 0 Å². The Bertz CT molecular complexity index is 106. The van der Waals surface area contributed by atoms with Gasteiger partial charge in [-0.2, -0.15) is 11.8 Å². The Morgan fingerprint density at radius 3 is 2.70 bits per heavy atom. The molecule has 3 heteroatoms. The summed E-state index contributed by atoms with van der Waals surface area (Å²) in [5, 5.41) is 2.63. The zero-order chi connectivity index (χ0) is 7.98. The number of hydrogen-bond donors (Lipinski definition) is 1. The molecule has 0 spiro atoms. The number of amides is 1. The third-order valence-electron chi connectivity index (χ3n) is 1.45. The molecule has 60 valence electrons. The van der Waals surface area contributed by atoms with Crippen LogP contribution >= 0.6 is 11.8 Å². The average molecular weight is 161 g/mol. The normalized spacial score (nSPS) is 12.7. The summed E-state index contributed by atoms with van der Waals surface area (Å²) in [5.41, 5.74) is 0. The van der Waals surface area contributed by atoms with Gasteiger partial charge in [0.1, 0.15) is 0 Å². The van der Waals surface area contributed by atoms with Crippen LogP contribution in [0.15, 0.2) is 0 Å². The van der Waals surface area contributed by atoms with Crippen LogP contribution in [0, 0.1) is 5.92 Å². The van der Waals surface area contributed by atoms with E-state index in [9.17, 15) is 4.79 Å². The molecule has 1 atom stereocenters. The van der Waals surface area contributed by atoms with Gasteiger partial charge in [-0.3, -0.25) is 4.79 Å². The van der Waals surface area contributed by atoms with Crippen LogP contribution in [0.2, 0.25) is 0 Å². The standard InChI is InChI=1S/C7H15NOS/c1-6(4-5-10-3)7(9)8-2/h6H,4-5H2,1-3H3,(H,8,9). The monoisotopic (exact) mass is 161 g/mol. The lowest BCUT2D eigenvalue weighted by atomic mass is 10.1. The smallest absolute Gasteiger partial charge is 0.222 e. The third-order valence-corrected chi connectivity index (χ3v) is 2.09. The molecule has 0 bridgehead atoms. The highest BCUT2D eigenvalue weighted by atomic mass is 32.2. The van der Waals surface area contributed by atoms with Crippen LogP contribution < -0.4 is 5.32 Å². The van der Waals surface area contributed by atoms with Crippen molar-refractivity contribution in [1.29, 1.82) is 0 Å². The van der Waals surface area contributed by atoms with Crippen molar-refractivity contribution in [2.45, 2.75) is 13.3 Å². The molecule has 0 saturated heterocycles. The van der Waals surface area contributed by atoms with E-state index >= 15 is 0 Å². The molecule has 0 aromatic rings. The van der Waals surface area contributed by atoms with Crippen LogP contribution in [0.5, 0.6) is 0 Å². The maximum atomic E-state index is 10.9. The molecule has 2 nitrogen and oxygen atoms in total. The maximum Gasteiger partial charge on any atom is 0.222 e. The summed E-state index contributed by atoms with van der Waals surface area (Å²) in [4.78, 5) is 10.9. The van der Waals surface area contributed by atoms with Gasteiger partial charge in [-0.1, -0.05) is 6.92 Å². The second-order valence-corrected chi connectivity index (χ2v) is 3.28. The van der Waals surface area contributed by atoms with Gasteiger partial charge in [0.15, 0.2) is 0 Å². The quantitative estimate of drug-likeness (QED) is 0.669. The predicted molar refractivity (Wildman–Crippen MR) is 46.2 cm³/mol. The SMILES string of the molecule is CNC(=O)C(C)CCSC. The molecular weight excluding hydrogens is 146 g/mol. The first-order chi connectivity index (χ1) is 4.72. The number of rotatable bonds is 4. The fourth-order valence-corrected chi connectivity index (χ4v) is 1.26. The summed E-state index contributed by atoms with van der Waals surface area (Å²) in [6.07, 6.45) is 3.03. The summed E-state index contributed by atoms with van der Waals surface area (Å²) in [6.45, 7) is 1.95. The van der Waals surface area contributed by atoms with Crippen LogP contribution in [0.25, 0.3) is 0 Å². The second kappa shape index (κ2) is 5.59. The van der Waals surface area contributed by atoms with Crippen molar-refractivity contribution < 1.29 is 4.79 Å². The van der Waals surface area contributed by atoms with Crippen LogP contribution in [0.1, 0.15) is 13.3 Å². The van der Waals surface area contributed by atoms with Gasteiger partial charge in [0.25, 0.3) is 0 Å². The molecular formula is C7H15NOS. The topological polar surface area (TPSA) is 29.1 Å². The molecule has 0 rings (SSSR count). The van der Waals surface area contributed by atoms with Crippen molar-refractivity contribution in [1.82, 2.24) is 5.32 Å². The summed E-state index contributed by atoms with van der Waals surface area (Å²) in [7, 11) is 1.68. The van der Waals surface area contributed by atoms with Gasteiger partial charge in [-0.25, -0.2) is 0 Å². The van der Waals surface area contributed by atoms with Gasteiger partial charge in [0.05, 0.1) is 0 Å². The van der Waals surface area contributed by atoms with Gasteiger partial charge in [-0.05, 0) is 18.4 Å². The first-order valence-electron chi connectivity index (χ1n) is 3.43. The fraction of sp³-hybridized carbons (Fsp3) is 0.857. The molecule has 1 amide bonds. The molecule has 1 N–H and O–H groups in total. The minimum atomic E-state index is 0.147.